The van der Waals surface area contributed by atoms with Crippen LogP contribution in [-0.2, 0) is 6.54 Å². The van der Waals surface area contributed by atoms with Gasteiger partial charge in [-0.2, -0.15) is 10.4 Å². The van der Waals surface area contributed by atoms with Crippen LogP contribution in [0.15, 0.2) is 23.3 Å². The van der Waals surface area contributed by atoms with Gasteiger partial charge in [-0.15, -0.1) is 0 Å². The first-order valence-corrected chi connectivity index (χ1v) is 8.66. The summed E-state index contributed by atoms with van der Waals surface area (Å²) < 4.78 is 3.28. The zero-order chi connectivity index (χ0) is 17.6. The molecule has 0 amide bonds. The molecule has 0 unspecified atom stereocenters. The van der Waals surface area contributed by atoms with Crippen LogP contribution >= 0.6 is 0 Å². The monoisotopic (exact) mass is 336 g/mol. The van der Waals surface area contributed by atoms with Gasteiger partial charge in [0.25, 0.3) is 5.56 Å². The molecule has 1 N–H and O–H groups in total. The molecule has 128 valence electrons. The Morgan fingerprint density at radius 1 is 1.44 bits per heavy atom. The summed E-state index contributed by atoms with van der Waals surface area (Å²) in [6.45, 7) is 4.78. The Morgan fingerprint density at radius 3 is 2.92 bits per heavy atom. The van der Waals surface area contributed by atoms with Crippen molar-refractivity contribution in [3.05, 3.63) is 39.9 Å². The van der Waals surface area contributed by atoms with Crippen molar-refractivity contribution in [1.82, 2.24) is 24.4 Å². The van der Waals surface area contributed by atoms with E-state index in [-0.39, 0.29) is 11.5 Å². The Labute approximate surface area is 144 Å². The molecule has 0 bridgehead atoms. The summed E-state index contributed by atoms with van der Waals surface area (Å²) in [4.78, 5) is 17.6. The molecular weight excluding hydrogens is 316 g/mol. The lowest BCUT2D eigenvalue weighted by Crippen LogP contribution is -2.23. The van der Waals surface area contributed by atoms with Crippen molar-refractivity contribution in [2.45, 2.75) is 45.6 Å². The Morgan fingerprint density at radius 2 is 2.24 bits per heavy atom. The van der Waals surface area contributed by atoms with E-state index in [1.807, 2.05) is 24.6 Å². The van der Waals surface area contributed by atoms with Gasteiger partial charge in [-0.05, 0) is 24.3 Å². The van der Waals surface area contributed by atoms with Gasteiger partial charge in [-0.25, -0.2) is 9.50 Å². The normalized spacial score (nSPS) is 14.3. The van der Waals surface area contributed by atoms with Gasteiger partial charge in [0, 0.05) is 24.5 Å². The van der Waals surface area contributed by atoms with Crippen LogP contribution in [-0.4, -0.2) is 24.4 Å². The third kappa shape index (κ3) is 2.64. The van der Waals surface area contributed by atoms with E-state index in [1.54, 1.807) is 6.20 Å². The summed E-state index contributed by atoms with van der Waals surface area (Å²) in [7, 11) is 0. The Bertz CT molecular complexity index is 1030. The van der Waals surface area contributed by atoms with Crippen LogP contribution in [0.25, 0.3) is 17.0 Å². The number of hydrogen-bond donors (Lipinski definition) is 1. The average molecular weight is 336 g/mol. The Balaban J connectivity index is 1.91. The van der Waals surface area contributed by atoms with Gasteiger partial charge >= 0.3 is 0 Å². The standard InChI is InChI=1S/C18H20N6O/c1-11(2)15-16(14-5-7-20-23(14)8-6-12-3-4-12)22-17-13(9-19)10-21-24(17)18(15)25/h5,7,10-12,21H,3-4,6,8H2,1-2H3. The van der Waals surface area contributed by atoms with Gasteiger partial charge in [0.05, 0.1) is 11.4 Å². The minimum absolute atomic E-state index is 0.00696. The topological polar surface area (TPSA) is 91.8 Å². The van der Waals surface area contributed by atoms with Crippen LogP contribution in [0.2, 0.25) is 0 Å². The predicted octanol–water partition coefficient (Wildman–Crippen LogP) is 2.68. The number of fused-ring (bicyclic) bond motifs is 1. The SMILES string of the molecule is CC(C)c1c(-c2ccnn2CCC2CC2)nc2c(C#N)c[nH]n2c1=O. The molecule has 0 aromatic carbocycles. The smallest absolute Gasteiger partial charge is 0.276 e. The van der Waals surface area contributed by atoms with Crippen LogP contribution in [0.3, 0.4) is 0 Å². The van der Waals surface area contributed by atoms with E-state index in [1.165, 1.54) is 23.6 Å². The first kappa shape index (κ1) is 15.6. The number of rotatable bonds is 5. The van der Waals surface area contributed by atoms with Gasteiger partial charge in [-0.1, -0.05) is 26.7 Å². The maximum atomic E-state index is 13.0. The summed E-state index contributed by atoms with van der Waals surface area (Å²) in [5, 5.41) is 16.5. The molecule has 3 heterocycles. The third-order valence-electron chi connectivity index (χ3n) is 4.80. The predicted molar refractivity (Wildman–Crippen MR) is 93.2 cm³/mol. The first-order chi connectivity index (χ1) is 12.1. The van der Waals surface area contributed by atoms with Crippen molar-refractivity contribution >= 4 is 5.65 Å². The summed E-state index contributed by atoms with van der Waals surface area (Å²) in [5.74, 6) is 0.810. The van der Waals surface area contributed by atoms with E-state index in [4.69, 9.17) is 0 Å². The zero-order valence-corrected chi connectivity index (χ0v) is 14.4. The van der Waals surface area contributed by atoms with Crippen molar-refractivity contribution in [2.75, 3.05) is 0 Å². The zero-order valence-electron chi connectivity index (χ0n) is 14.4. The number of nitriles is 1. The molecule has 1 aliphatic carbocycles. The second kappa shape index (κ2) is 5.88. The molecule has 7 heteroatoms. The molecule has 0 radical (unpaired) electrons. The lowest BCUT2D eigenvalue weighted by Gasteiger charge is -2.13. The molecule has 0 atom stereocenters. The lowest BCUT2D eigenvalue weighted by molar-refractivity contribution is 0.550. The van der Waals surface area contributed by atoms with E-state index < -0.39 is 0 Å². The summed E-state index contributed by atoms with van der Waals surface area (Å²) in [5.41, 5.74) is 2.67. The number of hydrogen-bond acceptors (Lipinski definition) is 4. The highest BCUT2D eigenvalue weighted by atomic mass is 16.1. The number of H-pyrrole nitrogens is 1. The molecule has 3 aromatic heterocycles. The average Bonchev–Trinajstić information content (AvgIpc) is 3.14. The fourth-order valence-electron chi connectivity index (χ4n) is 3.25. The van der Waals surface area contributed by atoms with Gasteiger partial charge < -0.3 is 0 Å². The number of nitrogens with one attached hydrogen (secondary N) is 1. The number of aromatic amines is 1. The van der Waals surface area contributed by atoms with Crippen molar-refractivity contribution < 1.29 is 0 Å². The second-order valence-corrected chi connectivity index (χ2v) is 6.96. The van der Waals surface area contributed by atoms with E-state index >= 15 is 0 Å². The van der Waals surface area contributed by atoms with E-state index in [0.29, 0.717) is 22.5 Å². The fraction of sp³-hybridized carbons (Fsp3) is 0.444. The molecule has 25 heavy (non-hydrogen) atoms. The minimum atomic E-state index is -0.161. The number of aromatic nitrogens is 5. The van der Waals surface area contributed by atoms with Gasteiger partial charge in [0.15, 0.2) is 5.65 Å². The maximum absolute atomic E-state index is 13.0. The highest BCUT2D eigenvalue weighted by Crippen LogP contribution is 2.33. The van der Waals surface area contributed by atoms with Crippen LogP contribution in [0.1, 0.15) is 50.2 Å². The molecule has 7 nitrogen and oxygen atoms in total. The second-order valence-electron chi connectivity index (χ2n) is 6.96. The summed E-state index contributed by atoms with van der Waals surface area (Å²) in [6, 6.07) is 3.98. The summed E-state index contributed by atoms with van der Waals surface area (Å²) in [6.07, 6.45) is 6.96. The molecule has 1 aliphatic rings. The van der Waals surface area contributed by atoms with Crippen LogP contribution in [0, 0.1) is 17.2 Å². The largest absolute Gasteiger partial charge is 0.295 e. The van der Waals surface area contributed by atoms with Crippen LogP contribution in [0.5, 0.6) is 0 Å². The minimum Gasteiger partial charge on any atom is -0.295 e. The van der Waals surface area contributed by atoms with Gasteiger partial charge in [0.2, 0.25) is 0 Å². The molecule has 0 aliphatic heterocycles. The van der Waals surface area contributed by atoms with Crippen molar-refractivity contribution in [2.24, 2.45) is 5.92 Å². The third-order valence-corrected chi connectivity index (χ3v) is 4.80. The number of nitrogens with zero attached hydrogens (tertiary/aromatic N) is 5. The van der Waals surface area contributed by atoms with E-state index in [2.05, 4.69) is 21.3 Å². The van der Waals surface area contributed by atoms with E-state index in [0.717, 1.165) is 24.6 Å². The van der Waals surface area contributed by atoms with E-state index in [9.17, 15) is 10.1 Å². The highest BCUT2D eigenvalue weighted by Gasteiger charge is 2.24. The Hall–Kier alpha value is -2.88. The van der Waals surface area contributed by atoms with Crippen LogP contribution in [0.4, 0.5) is 0 Å². The van der Waals surface area contributed by atoms with Crippen molar-refractivity contribution in [3.8, 4) is 17.5 Å². The lowest BCUT2D eigenvalue weighted by atomic mass is 10.0. The fourth-order valence-corrected chi connectivity index (χ4v) is 3.25. The first-order valence-electron chi connectivity index (χ1n) is 8.66. The quantitative estimate of drug-likeness (QED) is 0.775. The highest BCUT2D eigenvalue weighted by molar-refractivity contribution is 5.65. The summed E-state index contributed by atoms with van der Waals surface area (Å²) >= 11 is 0. The van der Waals surface area contributed by atoms with Crippen molar-refractivity contribution in [1.29, 1.82) is 5.26 Å². The van der Waals surface area contributed by atoms with Crippen molar-refractivity contribution in [3.63, 3.8) is 0 Å². The molecule has 0 spiro atoms. The molecular formula is C18H20N6O. The van der Waals surface area contributed by atoms with Crippen LogP contribution < -0.4 is 5.56 Å². The molecule has 1 fully saturated rings. The molecule has 0 saturated heterocycles. The molecule has 3 aromatic rings. The number of aryl methyl sites for hydroxylation is 1. The van der Waals surface area contributed by atoms with Gasteiger partial charge in [0.1, 0.15) is 11.6 Å². The molecule has 4 rings (SSSR count). The maximum Gasteiger partial charge on any atom is 0.276 e. The molecule has 1 saturated carbocycles. The Kier molecular flexibility index (Phi) is 3.68. The van der Waals surface area contributed by atoms with Gasteiger partial charge in [-0.3, -0.25) is 14.6 Å².